The van der Waals surface area contributed by atoms with Gasteiger partial charge in [-0.15, -0.1) is 0 Å². The van der Waals surface area contributed by atoms with Crippen LogP contribution >= 0.6 is 0 Å². The Kier molecular flexibility index (Phi) is 6.41. The van der Waals surface area contributed by atoms with Crippen LogP contribution in [0.25, 0.3) is 0 Å². The van der Waals surface area contributed by atoms with E-state index in [2.05, 4.69) is 5.32 Å². The summed E-state index contributed by atoms with van der Waals surface area (Å²) in [7, 11) is 1.43. The number of aliphatic hydroxyl groups is 1. The van der Waals surface area contributed by atoms with Gasteiger partial charge in [-0.1, -0.05) is 0 Å². The molecule has 2 unspecified atom stereocenters. The topological polar surface area (TPSA) is 78.9 Å². The van der Waals surface area contributed by atoms with Gasteiger partial charge in [0.15, 0.2) is 0 Å². The van der Waals surface area contributed by atoms with E-state index in [0.717, 1.165) is 0 Å². The summed E-state index contributed by atoms with van der Waals surface area (Å²) in [5.41, 5.74) is 0. The zero-order valence-corrected chi connectivity index (χ0v) is 11.7. The molecule has 0 aromatic heterocycles. The van der Waals surface area contributed by atoms with Crippen molar-refractivity contribution in [2.75, 3.05) is 33.4 Å². The lowest BCUT2D eigenvalue weighted by atomic mass is 10.1. The Morgan fingerprint density at radius 3 is 2.76 bits per heavy atom. The number of methoxy groups -OCH3 is 1. The fourth-order valence-electron chi connectivity index (χ4n) is 2.19. The van der Waals surface area contributed by atoms with Gasteiger partial charge in [-0.25, -0.2) is 0 Å². The summed E-state index contributed by atoms with van der Waals surface area (Å²) in [6, 6.07) is -0.431. The van der Waals surface area contributed by atoms with Crippen LogP contribution in [0.5, 0.6) is 0 Å². The van der Waals surface area contributed by atoms with E-state index in [4.69, 9.17) is 9.84 Å². The number of ether oxygens (including phenoxy) is 1. The molecule has 6 nitrogen and oxygen atoms in total. The minimum Gasteiger partial charge on any atom is -0.396 e. The predicted molar refractivity (Wildman–Crippen MR) is 66.3 cm³/mol. The second kappa shape index (κ2) is 7.60. The maximum absolute atomic E-state index is 12.3. The van der Waals surface area contributed by atoms with Crippen LogP contribution in [0.4, 0.5) is 13.2 Å². The first-order chi connectivity index (χ1) is 9.76. The van der Waals surface area contributed by atoms with Crippen molar-refractivity contribution in [3.63, 3.8) is 0 Å². The summed E-state index contributed by atoms with van der Waals surface area (Å²) in [6.45, 7) is -1.56. The largest absolute Gasteiger partial charge is 0.406 e. The van der Waals surface area contributed by atoms with Gasteiger partial charge in [0.25, 0.3) is 0 Å². The minimum absolute atomic E-state index is 0.155. The van der Waals surface area contributed by atoms with Crippen molar-refractivity contribution in [1.82, 2.24) is 10.2 Å². The van der Waals surface area contributed by atoms with Gasteiger partial charge in [0.1, 0.15) is 6.54 Å². The van der Waals surface area contributed by atoms with Crippen molar-refractivity contribution in [3.8, 4) is 0 Å². The van der Waals surface area contributed by atoms with Crippen molar-refractivity contribution >= 4 is 11.8 Å². The number of nitrogens with one attached hydrogen (secondary N) is 1. The van der Waals surface area contributed by atoms with Gasteiger partial charge >= 0.3 is 6.18 Å². The number of likely N-dealkylation sites (tertiary alicyclic amines) is 1. The number of nitrogens with zero attached hydrogens (tertiary/aromatic N) is 1. The molecule has 1 saturated heterocycles. The number of halogens is 3. The first-order valence-corrected chi connectivity index (χ1v) is 6.51. The third-order valence-corrected chi connectivity index (χ3v) is 3.15. The van der Waals surface area contributed by atoms with E-state index in [1.165, 1.54) is 7.11 Å². The molecule has 0 aromatic rings. The number of rotatable bonds is 7. The molecule has 21 heavy (non-hydrogen) atoms. The van der Waals surface area contributed by atoms with Crippen LogP contribution in [0, 0.1) is 5.92 Å². The highest BCUT2D eigenvalue weighted by Gasteiger charge is 2.40. The highest BCUT2D eigenvalue weighted by molar-refractivity contribution is 5.89. The molecule has 0 bridgehead atoms. The van der Waals surface area contributed by atoms with Gasteiger partial charge in [0, 0.05) is 26.7 Å². The molecular formula is C12H19F3N2O4. The van der Waals surface area contributed by atoms with E-state index in [-0.39, 0.29) is 32.6 Å². The Hall–Kier alpha value is -1.35. The molecule has 1 rings (SSSR count). The Balaban J connectivity index is 2.54. The SMILES string of the molecule is COCC(CCO)NC(=O)C1CC(=O)N(CC(F)(F)F)C1. The average molecular weight is 312 g/mol. The van der Waals surface area contributed by atoms with Crippen LogP contribution in [0.1, 0.15) is 12.8 Å². The highest BCUT2D eigenvalue weighted by Crippen LogP contribution is 2.24. The maximum atomic E-state index is 12.3. The highest BCUT2D eigenvalue weighted by atomic mass is 19.4. The summed E-state index contributed by atoms with van der Waals surface area (Å²) >= 11 is 0. The molecule has 2 atom stereocenters. The monoisotopic (exact) mass is 312 g/mol. The molecule has 2 N–H and O–H groups in total. The van der Waals surface area contributed by atoms with E-state index in [9.17, 15) is 22.8 Å². The van der Waals surface area contributed by atoms with Crippen LogP contribution in [0.15, 0.2) is 0 Å². The van der Waals surface area contributed by atoms with E-state index in [1.54, 1.807) is 0 Å². The third kappa shape index (κ3) is 5.88. The third-order valence-electron chi connectivity index (χ3n) is 3.15. The first kappa shape index (κ1) is 17.7. The Bertz CT molecular complexity index is 370. The molecule has 122 valence electrons. The van der Waals surface area contributed by atoms with Crippen molar-refractivity contribution < 1.29 is 32.6 Å². The molecular weight excluding hydrogens is 293 g/mol. The number of alkyl halides is 3. The fraction of sp³-hybridized carbons (Fsp3) is 0.833. The minimum atomic E-state index is -4.48. The lowest BCUT2D eigenvalue weighted by molar-refractivity contribution is -0.157. The second-order valence-corrected chi connectivity index (χ2v) is 4.96. The summed E-state index contributed by atoms with van der Waals surface area (Å²) in [5, 5.41) is 11.4. The maximum Gasteiger partial charge on any atom is 0.406 e. The number of carbonyl (C=O) groups is 2. The summed E-state index contributed by atoms with van der Waals surface area (Å²) in [5.74, 6) is -1.99. The van der Waals surface area contributed by atoms with Crippen LogP contribution in [-0.4, -0.2) is 67.5 Å². The molecule has 0 aliphatic carbocycles. The molecule has 1 aliphatic rings. The van der Waals surface area contributed by atoms with Crippen molar-refractivity contribution in [3.05, 3.63) is 0 Å². The number of hydrogen-bond donors (Lipinski definition) is 2. The normalized spacial score (nSPS) is 20.7. The second-order valence-electron chi connectivity index (χ2n) is 4.96. The van der Waals surface area contributed by atoms with Gasteiger partial charge in [0.05, 0.1) is 18.6 Å². The molecule has 0 saturated carbocycles. The molecule has 0 aromatic carbocycles. The van der Waals surface area contributed by atoms with E-state index in [1.807, 2.05) is 0 Å². The van der Waals surface area contributed by atoms with Crippen LogP contribution < -0.4 is 5.32 Å². The molecule has 1 heterocycles. The number of amides is 2. The molecule has 0 spiro atoms. The molecule has 2 amide bonds. The first-order valence-electron chi connectivity index (χ1n) is 6.51. The number of aliphatic hydroxyl groups excluding tert-OH is 1. The lowest BCUT2D eigenvalue weighted by Crippen LogP contribution is -2.43. The fourth-order valence-corrected chi connectivity index (χ4v) is 2.19. The Morgan fingerprint density at radius 2 is 2.24 bits per heavy atom. The quantitative estimate of drug-likeness (QED) is 0.689. The van der Waals surface area contributed by atoms with Gasteiger partial charge in [-0.2, -0.15) is 13.2 Å². The van der Waals surface area contributed by atoms with Crippen LogP contribution in [0.3, 0.4) is 0 Å². The van der Waals surface area contributed by atoms with Crippen LogP contribution in [0.2, 0.25) is 0 Å². The van der Waals surface area contributed by atoms with E-state index >= 15 is 0 Å². The molecule has 1 aliphatic heterocycles. The summed E-state index contributed by atoms with van der Waals surface area (Å²) in [6.07, 6.45) is -4.44. The van der Waals surface area contributed by atoms with Crippen molar-refractivity contribution in [2.24, 2.45) is 5.92 Å². The molecule has 0 radical (unpaired) electrons. The van der Waals surface area contributed by atoms with E-state index in [0.29, 0.717) is 4.90 Å². The zero-order chi connectivity index (χ0) is 16.0. The summed E-state index contributed by atoms with van der Waals surface area (Å²) < 4.78 is 41.7. The van der Waals surface area contributed by atoms with E-state index < -0.39 is 36.5 Å². The number of carbonyl (C=O) groups excluding carboxylic acids is 2. The number of hydrogen-bond acceptors (Lipinski definition) is 4. The standard InChI is InChI=1S/C12H19F3N2O4/c1-21-6-9(2-3-18)16-11(20)8-4-10(19)17(5-8)7-12(13,14)15/h8-9,18H,2-7H2,1H3,(H,16,20). The zero-order valence-electron chi connectivity index (χ0n) is 11.7. The van der Waals surface area contributed by atoms with Gasteiger partial charge in [-0.3, -0.25) is 9.59 Å². The van der Waals surface area contributed by atoms with Gasteiger partial charge in [-0.05, 0) is 6.42 Å². The molecule has 1 fully saturated rings. The Labute approximate surface area is 120 Å². The lowest BCUT2D eigenvalue weighted by Gasteiger charge is -2.20. The summed E-state index contributed by atoms with van der Waals surface area (Å²) in [4.78, 5) is 24.1. The van der Waals surface area contributed by atoms with Crippen molar-refractivity contribution in [1.29, 1.82) is 0 Å². The average Bonchev–Trinajstić information content (AvgIpc) is 2.69. The Morgan fingerprint density at radius 1 is 1.57 bits per heavy atom. The predicted octanol–water partition coefficient (Wildman–Crippen LogP) is -0.0892. The van der Waals surface area contributed by atoms with Gasteiger partial charge in [0.2, 0.25) is 11.8 Å². The smallest absolute Gasteiger partial charge is 0.396 e. The van der Waals surface area contributed by atoms with Gasteiger partial charge < -0.3 is 20.1 Å². The van der Waals surface area contributed by atoms with Crippen molar-refractivity contribution in [2.45, 2.75) is 25.1 Å². The van der Waals surface area contributed by atoms with Crippen LogP contribution in [-0.2, 0) is 14.3 Å². The molecule has 9 heteroatoms.